The highest BCUT2D eigenvalue weighted by Crippen LogP contribution is 2.53. The van der Waals surface area contributed by atoms with Crippen LogP contribution in [0.1, 0.15) is 29.6 Å². The first-order chi connectivity index (χ1) is 14.1. The van der Waals surface area contributed by atoms with Crippen LogP contribution >= 0.6 is 0 Å². The van der Waals surface area contributed by atoms with E-state index in [1.807, 2.05) is 42.5 Å². The molecule has 2 aliphatic rings. The summed E-state index contributed by atoms with van der Waals surface area (Å²) in [5.41, 5.74) is 2.58. The molecule has 2 aliphatic carbocycles. The van der Waals surface area contributed by atoms with Crippen LogP contribution in [-0.4, -0.2) is 31.4 Å². The Morgan fingerprint density at radius 1 is 0.828 bits per heavy atom. The number of fused-ring (bicyclic) bond motifs is 2. The fourth-order valence-electron chi connectivity index (χ4n) is 4.90. The van der Waals surface area contributed by atoms with Crippen molar-refractivity contribution in [2.24, 2.45) is 23.7 Å². The van der Waals surface area contributed by atoms with Gasteiger partial charge in [-0.3, -0.25) is 14.4 Å². The summed E-state index contributed by atoms with van der Waals surface area (Å²) >= 11 is 0. The lowest BCUT2D eigenvalue weighted by molar-refractivity contribution is -0.161. The van der Waals surface area contributed by atoms with Crippen molar-refractivity contribution in [2.75, 3.05) is 13.7 Å². The molecule has 0 amide bonds. The molecule has 0 radical (unpaired) electrons. The van der Waals surface area contributed by atoms with E-state index in [4.69, 9.17) is 9.47 Å². The fraction of sp³-hybridized carbons (Fsp3) is 0.375. The molecule has 4 rings (SSSR count). The lowest BCUT2D eigenvalue weighted by atomic mass is 9.79. The van der Waals surface area contributed by atoms with E-state index >= 15 is 0 Å². The van der Waals surface area contributed by atoms with Crippen LogP contribution in [0.15, 0.2) is 54.6 Å². The number of rotatable bonds is 6. The van der Waals surface area contributed by atoms with Crippen LogP contribution in [0.5, 0.6) is 0 Å². The van der Waals surface area contributed by atoms with Gasteiger partial charge in [0.2, 0.25) is 0 Å². The van der Waals surface area contributed by atoms with Gasteiger partial charge in [0.1, 0.15) is 0 Å². The maximum Gasteiger partial charge on any atom is 0.310 e. The SMILES string of the molecule is COC(=O)[C@H]1[C@H]2CC[C@@H](C2)[C@@H]1C(=O)OCC(=O)c1ccc(-c2ccccc2)cc1. The van der Waals surface area contributed by atoms with E-state index in [9.17, 15) is 14.4 Å². The van der Waals surface area contributed by atoms with E-state index in [0.29, 0.717) is 5.56 Å². The Labute approximate surface area is 170 Å². The van der Waals surface area contributed by atoms with E-state index in [1.54, 1.807) is 12.1 Å². The summed E-state index contributed by atoms with van der Waals surface area (Å²) in [7, 11) is 1.35. The van der Waals surface area contributed by atoms with Gasteiger partial charge >= 0.3 is 11.9 Å². The molecule has 0 aliphatic heterocycles. The summed E-state index contributed by atoms with van der Waals surface area (Å²) < 4.78 is 10.2. The third-order valence-corrected chi connectivity index (χ3v) is 6.32. The largest absolute Gasteiger partial charge is 0.469 e. The first kappa shape index (κ1) is 19.4. The zero-order valence-electron chi connectivity index (χ0n) is 16.4. The van der Waals surface area contributed by atoms with Crippen molar-refractivity contribution in [3.8, 4) is 11.1 Å². The molecule has 0 heterocycles. The summed E-state index contributed by atoms with van der Waals surface area (Å²) in [4.78, 5) is 37.3. The van der Waals surface area contributed by atoms with Crippen molar-refractivity contribution < 1.29 is 23.9 Å². The number of ketones is 1. The first-order valence-electron chi connectivity index (χ1n) is 10.0. The van der Waals surface area contributed by atoms with Crippen LogP contribution in [0.25, 0.3) is 11.1 Å². The van der Waals surface area contributed by atoms with Gasteiger partial charge in [0.15, 0.2) is 12.4 Å². The number of methoxy groups -OCH3 is 1. The molecule has 0 saturated heterocycles. The number of carbonyl (C=O) groups is 3. The van der Waals surface area contributed by atoms with Crippen molar-refractivity contribution in [3.05, 3.63) is 60.2 Å². The Morgan fingerprint density at radius 3 is 2.03 bits per heavy atom. The molecule has 2 bridgehead atoms. The number of hydrogen-bond donors (Lipinski definition) is 0. The second kappa shape index (κ2) is 8.19. The topological polar surface area (TPSA) is 69.7 Å². The second-order valence-corrected chi connectivity index (χ2v) is 7.88. The summed E-state index contributed by atoms with van der Waals surface area (Å²) in [5, 5.41) is 0. The highest BCUT2D eigenvalue weighted by Gasteiger charge is 2.55. The molecule has 2 aromatic rings. The van der Waals surface area contributed by atoms with Gasteiger partial charge < -0.3 is 9.47 Å². The molecule has 5 heteroatoms. The lowest BCUT2D eigenvalue weighted by Gasteiger charge is -2.27. The van der Waals surface area contributed by atoms with E-state index in [-0.39, 0.29) is 30.2 Å². The molecule has 2 aromatic carbocycles. The van der Waals surface area contributed by atoms with Crippen LogP contribution in [0.3, 0.4) is 0 Å². The van der Waals surface area contributed by atoms with Gasteiger partial charge in [-0.1, -0.05) is 54.6 Å². The molecule has 0 spiro atoms. The second-order valence-electron chi connectivity index (χ2n) is 7.88. The summed E-state index contributed by atoms with van der Waals surface area (Å²) in [6.07, 6.45) is 2.72. The molecule has 2 saturated carbocycles. The predicted octanol–water partition coefficient (Wildman–Crippen LogP) is 3.91. The molecule has 4 atom stereocenters. The van der Waals surface area contributed by atoms with Crippen molar-refractivity contribution >= 4 is 17.7 Å². The van der Waals surface area contributed by atoms with Crippen LogP contribution in [-0.2, 0) is 19.1 Å². The monoisotopic (exact) mass is 392 g/mol. The Bertz CT molecular complexity index is 903. The Balaban J connectivity index is 1.38. The van der Waals surface area contributed by atoms with Gasteiger partial charge in [0.05, 0.1) is 18.9 Å². The number of benzene rings is 2. The van der Waals surface area contributed by atoms with E-state index in [0.717, 1.165) is 30.4 Å². The van der Waals surface area contributed by atoms with E-state index in [2.05, 4.69) is 0 Å². The van der Waals surface area contributed by atoms with Gasteiger partial charge in [0, 0.05) is 5.56 Å². The maximum absolute atomic E-state index is 12.7. The van der Waals surface area contributed by atoms with Crippen molar-refractivity contribution in [1.29, 1.82) is 0 Å². The highest BCUT2D eigenvalue weighted by atomic mass is 16.5. The minimum absolute atomic E-state index is 0.150. The summed E-state index contributed by atoms with van der Waals surface area (Å²) in [5.74, 6) is -1.65. The van der Waals surface area contributed by atoms with Crippen LogP contribution in [0, 0.1) is 23.7 Å². The molecule has 0 N–H and O–H groups in total. The van der Waals surface area contributed by atoms with E-state index < -0.39 is 17.8 Å². The normalized spacial score (nSPS) is 24.9. The van der Waals surface area contributed by atoms with E-state index in [1.165, 1.54) is 7.11 Å². The number of carbonyl (C=O) groups excluding carboxylic acids is 3. The molecular weight excluding hydrogens is 368 g/mol. The Morgan fingerprint density at radius 2 is 1.41 bits per heavy atom. The number of Topliss-reactive ketones (excluding diaryl/α,β-unsaturated/α-hetero) is 1. The molecule has 0 unspecified atom stereocenters. The summed E-state index contributed by atoms with van der Waals surface area (Å²) in [6.45, 7) is -0.314. The van der Waals surface area contributed by atoms with Crippen LogP contribution < -0.4 is 0 Å². The van der Waals surface area contributed by atoms with Crippen molar-refractivity contribution in [1.82, 2.24) is 0 Å². The van der Waals surface area contributed by atoms with Crippen LogP contribution in [0.4, 0.5) is 0 Å². The smallest absolute Gasteiger partial charge is 0.310 e. The minimum Gasteiger partial charge on any atom is -0.469 e. The molecule has 2 fully saturated rings. The Kier molecular flexibility index (Phi) is 5.47. The van der Waals surface area contributed by atoms with Gasteiger partial charge in [0.25, 0.3) is 0 Å². The van der Waals surface area contributed by atoms with Gasteiger partial charge in [-0.15, -0.1) is 0 Å². The van der Waals surface area contributed by atoms with Gasteiger partial charge in [-0.25, -0.2) is 0 Å². The van der Waals surface area contributed by atoms with Crippen LogP contribution in [0.2, 0.25) is 0 Å². The van der Waals surface area contributed by atoms with Crippen molar-refractivity contribution in [2.45, 2.75) is 19.3 Å². The summed E-state index contributed by atoms with van der Waals surface area (Å²) in [6, 6.07) is 17.1. The molecule has 29 heavy (non-hydrogen) atoms. The number of esters is 2. The van der Waals surface area contributed by atoms with Gasteiger partial charge in [-0.05, 0) is 42.2 Å². The Hall–Kier alpha value is -2.95. The zero-order chi connectivity index (χ0) is 20.4. The average molecular weight is 392 g/mol. The lowest BCUT2D eigenvalue weighted by Crippen LogP contribution is -2.37. The standard InChI is InChI=1S/C24H24O5/c1-28-23(26)21-18-11-12-19(13-18)22(21)24(27)29-14-20(25)17-9-7-16(8-10-17)15-5-3-2-4-6-15/h2-10,18-19,21-22H,11-14H2,1H3/t18-,19-,21-,22-/m0/s1. The third kappa shape index (κ3) is 3.82. The van der Waals surface area contributed by atoms with Gasteiger partial charge in [-0.2, -0.15) is 0 Å². The number of ether oxygens (including phenoxy) is 2. The zero-order valence-corrected chi connectivity index (χ0v) is 16.4. The van der Waals surface area contributed by atoms with Crippen molar-refractivity contribution in [3.63, 3.8) is 0 Å². The molecule has 150 valence electrons. The molecule has 0 aromatic heterocycles. The minimum atomic E-state index is -0.491. The third-order valence-electron chi connectivity index (χ3n) is 6.32. The highest BCUT2D eigenvalue weighted by molar-refractivity contribution is 5.98. The maximum atomic E-state index is 12.7. The molecule has 5 nitrogen and oxygen atoms in total. The first-order valence-corrected chi connectivity index (χ1v) is 10.0. The fourth-order valence-corrected chi connectivity index (χ4v) is 4.90. The quantitative estimate of drug-likeness (QED) is 0.551. The number of hydrogen-bond acceptors (Lipinski definition) is 5. The molecular formula is C24H24O5. The predicted molar refractivity (Wildman–Crippen MR) is 107 cm³/mol. The average Bonchev–Trinajstić information content (AvgIpc) is 3.39.